The molecular weight excluding hydrogens is 288 g/mol. The summed E-state index contributed by atoms with van der Waals surface area (Å²) in [6, 6.07) is 2.34. The number of likely N-dealkylation sites (N-methyl/N-ethyl adjacent to an activating group) is 1. The lowest BCUT2D eigenvalue weighted by atomic mass is 10.1. The van der Waals surface area contributed by atoms with E-state index in [0.29, 0.717) is 25.2 Å². The van der Waals surface area contributed by atoms with Crippen molar-refractivity contribution in [2.75, 3.05) is 20.1 Å². The molecule has 1 unspecified atom stereocenters. The largest absolute Gasteiger partial charge is 0.419 e. The van der Waals surface area contributed by atoms with Gasteiger partial charge in [0.2, 0.25) is 0 Å². The lowest BCUT2D eigenvalue weighted by Gasteiger charge is -2.25. The van der Waals surface area contributed by atoms with Gasteiger partial charge in [-0.25, -0.2) is 4.39 Å². The minimum absolute atomic E-state index is 0.0399. The molecule has 1 fully saturated rings. The third kappa shape index (κ3) is 3.34. The molecule has 1 atom stereocenters. The smallest absolute Gasteiger partial charge is 0.334 e. The first-order valence-corrected chi connectivity index (χ1v) is 6.67. The van der Waals surface area contributed by atoms with Gasteiger partial charge in [0.15, 0.2) is 0 Å². The van der Waals surface area contributed by atoms with E-state index in [2.05, 4.69) is 5.32 Å². The molecule has 0 spiro atoms. The number of carbonyl (C=O) groups is 1. The lowest BCUT2D eigenvalue weighted by molar-refractivity contribution is -0.140. The van der Waals surface area contributed by atoms with Crippen LogP contribution < -0.4 is 5.32 Å². The summed E-state index contributed by atoms with van der Waals surface area (Å²) >= 11 is 0. The minimum Gasteiger partial charge on any atom is -0.334 e. The molecule has 1 heterocycles. The fraction of sp³-hybridized carbons (Fsp3) is 0.500. The van der Waals surface area contributed by atoms with Crippen LogP contribution in [0, 0.1) is 5.82 Å². The summed E-state index contributed by atoms with van der Waals surface area (Å²) in [6.07, 6.45) is -3.19. The van der Waals surface area contributed by atoms with E-state index in [1.54, 1.807) is 11.9 Å². The van der Waals surface area contributed by atoms with Crippen molar-refractivity contribution in [3.05, 3.63) is 35.1 Å². The quantitative estimate of drug-likeness (QED) is 0.871. The summed E-state index contributed by atoms with van der Waals surface area (Å²) in [5, 5.41) is 2.96. The monoisotopic (exact) mass is 304 g/mol. The summed E-state index contributed by atoms with van der Waals surface area (Å²) in [4.78, 5) is 13.9. The molecule has 0 aromatic heterocycles. The fourth-order valence-electron chi connectivity index (χ4n) is 2.59. The van der Waals surface area contributed by atoms with Crippen LogP contribution in [0.3, 0.4) is 0 Å². The van der Waals surface area contributed by atoms with Gasteiger partial charge in [0, 0.05) is 24.7 Å². The molecule has 0 bridgehead atoms. The Labute approximate surface area is 119 Å². The summed E-state index contributed by atoms with van der Waals surface area (Å²) < 4.78 is 51.3. The van der Waals surface area contributed by atoms with Crippen molar-refractivity contribution < 1.29 is 22.4 Å². The fourth-order valence-corrected chi connectivity index (χ4v) is 2.59. The van der Waals surface area contributed by atoms with Crippen molar-refractivity contribution in [3.63, 3.8) is 0 Å². The number of hydrogen-bond donors (Lipinski definition) is 1. The number of likely N-dealkylation sites (tertiary alicyclic amines) is 1. The van der Waals surface area contributed by atoms with Crippen LogP contribution in [-0.4, -0.2) is 37.0 Å². The van der Waals surface area contributed by atoms with Gasteiger partial charge in [0.1, 0.15) is 5.82 Å². The van der Waals surface area contributed by atoms with E-state index in [9.17, 15) is 22.4 Å². The Kier molecular flexibility index (Phi) is 4.51. The predicted molar refractivity (Wildman–Crippen MR) is 69.4 cm³/mol. The maximum atomic E-state index is 13.2. The Morgan fingerprint density at radius 3 is 2.76 bits per heavy atom. The van der Waals surface area contributed by atoms with Crippen molar-refractivity contribution in [1.82, 2.24) is 10.2 Å². The van der Waals surface area contributed by atoms with Crippen LogP contribution in [0.4, 0.5) is 17.6 Å². The summed E-state index contributed by atoms with van der Waals surface area (Å²) in [5.41, 5.74) is -1.54. The molecule has 7 heteroatoms. The van der Waals surface area contributed by atoms with E-state index in [-0.39, 0.29) is 11.6 Å². The lowest BCUT2D eigenvalue weighted by Crippen LogP contribution is -2.40. The number of nitrogens with one attached hydrogen (secondary N) is 1. The SMILES string of the molecule is CNCC1CCCN1C(=O)c1ccc(F)c(C(F)(F)F)c1. The molecule has 1 N–H and O–H groups in total. The van der Waals surface area contributed by atoms with Gasteiger partial charge in [-0.3, -0.25) is 4.79 Å². The predicted octanol–water partition coefficient (Wildman–Crippen LogP) is 2.67. The molecule has 0 aliphatic carbocycles. The summed E-state index contributed by atoms with van der Waals surface area (Å²) in [7, 11) is 1.75. The van der Waals surface area contributed by atoms with Crippen LogP contribution in [0.15, 0.2) is 18.2 Å². The van der Waals surface area contributed by atoms with Gasteiger partial charge in [-0.05, 0) is 38.1 Å². The van der Waals surface area contributed by atoms with Gasteiger partial charge in [-0.2, -0.15) is 13.2 Å². The second-order valence-electron chi connectivity index (χ2n) is 5.04. The molecule has 3 nitrogen and oxygen atoms in total. The standard InChI is InChI=1S/C14H16F4N2O/c1-19-8-10-3-2-6-20(10)13(21)9-4-5-12(15)11(7-9)14(16,17)18/h4-5,7,10,19H,2-3,6,8H2,1H3. The summed E-state index contributed by atoms with van der Waals surface area (Å²) in [6.45, 7) is 1.09. The second-order valence-corrected chi connectivity index (χ2v) is 5.04. The number of nitrogens with zero attached hydrogens (tertiary/aromatic N) is 1. The molecule has 21 heavy (non-hydrogen) atoms. The number of alkyl halides is 3. The molecule has 1 aromatic carbocycles. The third-order valence-electron chi connectivity index (χ3n) is 3.60. The molecule has 1 aliphatic rings. The molecular formula is C14H16F4N2O. The number of amides is 1. The number of carbonyl (C=O) groups excluding carboxylic acids is 1. The molecule has 0 radical (unpaired) electrons. The van der Waals surface area contributed by atoms with E-state index in [0.717, 1.165) is 18.9 Å². The van der Waals surface area contributed by atoms with Crippen LogP contribution in [0.5, 0.6) is 0 Å². The van der Waals surface area contributed by atoms with Crippen LogP contribution in [0.2, 0.25) is 0 Å². The van der Waals surface area contributed by atoms with Gasteiger partial charge in [0.05, 0.1) is 5.56 Å². The number of benzene rings is 1. The normalized spacial score (nSPS) is 19.1. The highest BCUT2D eigenvalue weighted by Gasteiger charge is 2.36. The molecule has 2 rings (SSSR count). The van der Waals surface area contributed by atoms with Gasteiger partial charge in [-0.15, -0.1) is 0 Å². The first-order chi connectivity index (χ1) is 9.84. The second kappa shape index (κ2) is 6.01. The molecule has 116 valence electrons. The highest BCUT2D eigenvalue weighted by molar-refractivity contribution is 5.94. The highest BCUT2D eigenvalue weighted by atomic mass is 19.4. The van der Waals surface area contributed by atoms with Crippen molar-refractivity contribution in [1.29, 1.82) is 0 Å². The van der Waals surface area contributed by atoms with Gasteiger partial charge >= 0.3 is 6.18 Å². The Morgan fingerprint density at radius 2 is 2.14 bits per heavy atom. The zero-order valence-electron chi connectivity index (χ0n) is 11.5. The Balaban J connectivity index is 2.27. The van der Waals surface area contributed by atoms with Crippen LogP contribution in [0.1, 0.15) is 28.8 Å². The van der Waals surface area contributed by atoms with Crippen molar-refractivity contribution in [2.45, 2.75) is 25.1 Å². The number of hydrogen-bond acceptors (Lipinski definition) is 2. The minimum atomic E-state index is -4.81. The van der Waals surface area contributed by atoms with Gasteiger partial charge in [-0.1, -0.05) is 0 Å². The Morgan fingerprint density at radius 1 is 1.43 bits per heavy atom. The molecule has 1 amide bonds. The van der Waals surface area contributed by atoms with Crippen molar-refractivity contribution in [2.24, 2.45) is 0 Å². The van der Waals surface area contributed by atoms with Gasteiger partial charge < -0.3 is 10.2 Å². The summed E-state index contributed by atoms with van der Waals surface area (Å²) in [5.74, 6) is -1.86. The zero-order chi connectivity index (χ0) is 15.6. The van der Waals surface area contributed by atoms with E-state index in [1.807, 2.05) is 0 Å². The maximum Gasteiger partial charge on any atom is 0.419 e. The highest BCUT2D eigenvalue weighted by Crippen LogP contribution is 2.32. The molecule has 1 saturated heterocycles. The number of rotatable bonds is 3. The average Bonchev–Trinajstić information content (AvgIpc) is 2.86. The van der Waals surface area contributed by atoms with Crippen LogP contribution >= 0.6 is 0 Å². The van der Waals surface area contributed by atoms with Crippen LogP contribution in [0.25, 0.3) is 0 Å². The van der Waals surface area contributed by atoms with E-state index >= 15 is 0 Å². The third-order valence-corrected chi connectivity index (χ3v) is 3.60. The van der Waals surface area contributed by atoms with E-state index < -0.39 is 23.5 Å². The number of halogens is 4. The molecule has 1 aromatic rings. The zero-order valence-corrected chi connectivity index (χ0v) is 11.5. The molecule has 1 aliphatic heterocycles. The maximum absolute atomic E-state index is 13.2. The Bertz CT molecular complexity index is 530. The van der Waals surface area contributed by atoms with Gasteiger partial charge in [0.25, 0.3) is 5.91 Å². The van der Waals surface area contributed by atoms with Crippen LogP contribution in [-0.2, 0) is 6.18 Å². The first kappa shape index (κ1) is 15.8. The average molecular weight is 304 g/mol. The van der Waals surface area contributed by atoms with Crippen molar-refractivity contribution in [3.8, 4) is 0 Å². The van der Waals surface area contributed by atoms with Crippen molar-refractivity contribution >= 4 is 5.91 Å². The topological polar surface area (TPSA) is 32.3 Å². The van der Waals surface area contributed by atoms with E-state index in [1.165, 1.54) is 0 Å². The Hall–Kier alpha value is -1.63. The van der Waals surface area contributed by atoms with E-state index in [4.69, 9.17) is 0 Å². The molecule has 0 saturated carbocycles. The first-order valence-electron chi connectivity index (χ1n) is 6.67.